The van der Waals surface area contributed by atoms with Gasteiger partial charge in [0.1, 0.15) is 10.8 Å². The number of carbonyl (C=O) groups excluding carboxylic acids is 1. The van der Waals surface area contributed by atoms with Gasteiger partial charge in [0.2, 0.25) is 0 Å². The Bertz CT molecular complexity index is 1010. The maximum atomic E-state index is 13.9. The van der Waals surface area contributed by atoms with Gasteiger partial charge in [-0.2, -0.15) is 0 Å². The van der Waals surface area contributed by atoms with Gasteiger partial charge in [0.15, 0.2) is 11.6 Å². The van der Waals surface area contributed by atoms with Crippen molar-refractivity contribution >= 4 is 23.1 Å². The van der Waals surface area contributed by atoms with Crippen LogP contribution in [0.2, 0.25) is 0 Å². The lowest BCUT2D eigenvalue weighted by Crippen LogP contribution is -2.49. The molecular weight excluding hydrogens is 391 g/mol. The zero-order valence-corrected chi connectivity index (χ0v) is 17.1. The lowest BCUT2D eigenvalue weighted by atomic mass is 10.1. The van der Waals surface area contributed by atoms with Gasteiger partial charge in [-0.1, -0.05) is 0 Å². The minimum absolute atomic E-state index is 0.133. The molecule has 4 rings (SSSR count). The summed E-state index contributed by atoms with van der Waals surface area (Å²) in [5.41, 5.74) is 2.34. The van der Waals surface area contributed by atoms with Crippen molar-refractivity contribution in [2.75, 3.05) is 38.2 Å². The quantitative estimate of drug-likeness (QED) is 0.655. The molecule has 1 fully saturated rings. The van der Waals surface area contributed by atoms with Crippen LogP contribution in [0.3, 0.4) is 0 Å². The van der Waals surface area contributed by atoms with Crippen molar-refractivity contribution in [2.24, 2.45) is 0 Å². The minimum atomic E-state index is -0.531. The summed E-state index contributed by atoms with van der Waals surface area (Å²) < 4.78 is 18.8. The minimum Gasteiger partial charge on any atom is -0.494 e. The summed E-state index contributed by atoms with van der Waals surface area (Å²) in [4.78, 5) is 25.6. The molecule has 1 amide bonds. The maximum absolute atomic E-state index is 13.9. The van der Waals surface area contributed by atoms with Gasteiger partial charge in [-0.05, 0) is 37.3 Å². The van der Waals surface area contributed by atoms with Crippen LogP contribution in [0.1, 0.15) is 16.1 Å². The molecule has 6 nitrogen and oxygen atoms in total. The highest BCUT2D eigenvalue weighted by atomic mass is 32.1. The Morgan fingerprint density at radius 3 is 2.55 bits per heavy atom. The Labute approximate surface area is 172 Å². The Morgan fingerprint density at radius 2 is 1.97 bits per heavy atom. The molecule has 0 saturated carbocycles. The number of hydrogen-bond acceptors (Lipinski definition) is 6. The van der Waals surface area contributed by atoms with Crippen LogP contribution in [-0.4, -0.2) is 54.1 Å². The van der Waals surface area contributed by atoms with Crippen LogP contribution in [-0.2, 0) is 0 Å². The van der Waals surface area contributed by atoms with Gasteiger partial charge < -0.3 is 14.5 Å². The van der Waals surface area contributed by atoms with Gasteiger partial charge >= 0.3 is 0 Å². The third-order valence-corrected chi connectivity index (χ3v) is 5.91. The second-order valence-corrected chi connectivity index (χ2v) is 7.69. The number of aryl methyl sites for hydroxylation is 1. The van der Waals surface area contributed by atoms with Crippen molar-refractivity contribution in [1.82, 2.24) is 14.9 Å². The monoisotopic (exact) mass is 412 g/mol. The van der Waals surface area contributed by atoms with E-state index in [9.17, 15) is 9.18 Å². The Hall–Kier alpha value is -3.00. The summed E-state index contributed by atoms with van der Waals surface area (Å²) in [6.07, 6.45) is 1.84. The van der Waals surface area contributed by atoms with Crippen LogP contribution in [0.15, 0.2) is 41.9 Å². The number of hydrogen-bond donors (Lipinski definition) is 0. The lowest BCUT2D eigenvalue weighted by Gasteiger charge is -2.35. The van der Waals surface area contributed by atoms with Crippen LogP contribution in [0.25, 0.3) is 10.6 Å². The highest BCUT2D eigenvalue weighted by Crippen LogP contribution is 2.25. The van der Waals surface area contributed by atoms with Crippen molar-refractivity contribution < 1.29 is 13.9 Å². The second-order valence-electron chi connectivity index (χ2n) is 6.83. The van der Waals surface area contributed by atoms with E-state index in [-0.39, 0.29) is 11.7 Å². The summed E-state index contributed by atoms with van der Waals surface area (Å²) in [7, 11) is 1.40. The molecule has 3 aromatic rings. The molecule has 1 saturated heterocycles. The van der Waals surface area contributed by atoms with Crippen LogP contribution < -0.4 is 9.64 Å². The van der Waals surface area contributed by atoms with Crippen molar-refractivity contribution in [3.8, 4) is 16.3 Å². The third-order valence-electron chi connectivity index (χ3n) is 4.90. The van der Waals surface area contributed by atoms with Crippen molar-refractivity contribution in [2.45, 2.75) is 6.92 Å². The highest BCUT2D eigenvalue weighted by molar-refractivity contribution is 7.13. The molecule has 29 heavy (non-hydrogen) atoms. The summed E-state index contributed by atoms with van der Waals surface area (Å²) >= 11 is 1.61. The fraction of sp³-hybridized carbons (Fsp3) is 0.286. The fourth-order valence-corrected chi connectivity index (χ4v) is 4.10. The molecule has 1 aromatic carbocycles. The topological polar surface area (TPSA) is 58.6 Å². The Balaban J connectivity index is 1.39. The van der Waals surface area contributed by atoms with Gasteiger partial charge in [0, 0.05) is 54.6 Å². The molecule has 3 heterocycles. The molecule has 0 aliphatic carbocycles. The van der Waals surface area contributed by atoms with Crippen LogP contribution in [0, 0.1) is 12.7 Å². The van der Waals surface area contributed by atoms with Gasteiger partial charge in [-0.25, -0.2) is 14.4 Å². The number of anilines is 1. The van der Waals surface area contributed by atoms with Gasteiger partial charge in [-0.15, -0.1) is 11.3 Å². The van der Waals surface area contributed by atoms with Crippen molar-refractivity contribution in [3.63, 3.8) is 0 Å². The van der Waals surface area contributed by atoms with Crippen LogP contribution >= 0.6 is 11.3 Å². The zero-order valence-electron chi connectivity index (χ0n) is 16.3. The molecule has 150 valence electrons. The smallest absolute Gasteiger partial charge is 0.254 e. The van der Waals surface area contributed by atoms with E-state index in [1.165, 1.54) is 19.2 Å². The Kier molecular flexibility index (Phi) is 5.44. The van der Waals surface area contributed by atoms with E-state index in [0.29, 0.717) is 31.7 Å². The molecule has 1 aliphatic heterocycles. The van der Waals surface area contributed by atoms with E-state index in [4.69, 9.17) is 4.74 Å². The number of ether oxygens (including phenoxy) is 1. The number of nitrogens with zero attached hydrogens (tertiary/aromatic N) is 4. The average molecular weight is 412 g/mol. The largest absolute Gasteiger partial charge is 0.494 e. The number of methoxy groups -OCH3 is 1. The van der Waals surface area contributed by atoms with Gasteiger partial charge in [0.25, 0.3) is 5.91 Å². The first-order valence-electron chi connectivity index (χ1n) is 9.31. The van der Waals surface area contributed by atoms with Crippen LogP contribution in [0.5, 0.6) is 5.75 Å². The molecule has 0 bridgehead atoms. The number of piperazine rings is 1. The molecular formula is C21H21FN4O2S. The first kappa shape index (κ1) is 19.3. The number of aromatic nitrogens is 2. The third kappa shape index (κ3) is 4.07. The first-order valence-corrected chi connectivity index (χ1v) is 10.2. The number of amides is 1. The molecule has 0 radical (unpaired) electrons. The van der Waals surface area contributed by atoms with E-state index in [2.05, 4.69) is 14.9 Å². The predicted octanol–water partition coefficient (Wildman–Crippen LogP) is 3.62. The summed E-state index contributed by atoms with van der Waals surface area (Å²) in [5.74, 6) is 0.309. The standard InChI is InChI=1S/C21H21FN4O2S/c1-14-13-29-20(24-14)16-4-6-19(23-12-16)25-7-9-26(10-8-25)21(27)15-3-5-18(28-2)17(22)11-15/h3-6,11-13H,7-10H2,1-2H3. The normalized spacial score (nSPS) is 14.2. The molecule has 2 aromatic heterocycles. The molecule has 0 atom stereocenters. The number of carbonyl (C=O) groups is 1. The van der Waals surface area contributed by atoms with Crippen molar-refractivity contribution in [1.29, 1.82) is 0 Å². The number of halogens is 1. The fourth-order valence-electron chi connectivity index (χ4n) is 3.31. The van der Waals surface area contributed by atoms with E-state index >= 15 is 0 Å². The van der Waals surface area contributed by atoms with Gasteiger partial charge in [-0.3, -0.25) is 4.79 Å². The van der Waals surface area contributed by atoms with Crippen molar-refractivity contribution in [3.05, 3.63) is 59.0 Å². The van der Waals surface area contributed by atoms with E-state index in [1.54, 1.807) is 22.3 Å². The zero-order chi connectivity index (χ0) is 20.4. The molecule has 1 aliphatic rings. The summed E-state index contributed by atoms with van der Waals surface area (Å²) in [6.45, 7) is 4.44. The van der Waals surface area contributed by atoms with E-state index < -0.39 is 5.82 Å². The first-order chi connectivity index (χ1) is 14.0. The number of benzene rings is 1. The molecule has 8 heteroatoms. The van der Waals surface area contributed by atoms with Gasteiger partial charge in [0.05, 0.1) is 7.11 Å². The molecule has 0 spiro atoms. The number of pyridine rings is 1. The lowest BCUT2D eigenvalue weighted by molar-refractivity contribution is 0.0746. The number of thiazole rings is 1. The number of rotatable bonds is 4. The molecule has 0 N–H and O–H groups in total. The highest BCUT2D eigenvalue weighted by Gasteiger charge is 2.23. The SMILES string of the molecule is COc1ccc(C(=O)N2CCN(c3ccc(-c4nc(C)cs4)cn3)CC2)cc1F. The average Bonchev–Trinajstić information content (AvgIpc) is 3.20. The summed E-state index contributed by atoms with van der Waals surface area (Å²) in [6, 6.07) is 8.32. The Morgan fingerprint density at radius 1 is 1.17 bits per heavy atom. The van der Waals surface area contributed by atoms with E-state index in [0.717, 1.165) is 22.1 Å². The molecule has 0 unspecified atom stereocenters. The maximum Gasteiger partial charge on any atom is 0.254 e. The van der Waals surface area contributed by atoms with E-state index in [1.807, 2.05) is 30.6 Å². The van der Waals surface area contributed by atoms with Crippen LogP contribution in [0.4, 0.5) is 10.2 Å². The predicted molar refractivity (Wildman–Crippen MR) is 111 cm³/mol. The second kappa shape index (κ2) is 8.16. The summed E-state index contributed by atoms with van der Waals surface area (Å²) in [5, 5.41) is 2.98.